The number of hydrogen-bond acceptors (Lipinski definition) is 2. The van der Waals surface area contributed by atoms with Gasteiger partial charge in [-0.25, -0.2) is 4.98 Å². The zero-order valence-electron chi connectivity index (χ0n) is 10.4. The van der Waals surface area contributed by atoms with E-state index in [-0.39, 0.29) is 0 Å². The van der Waals surface area contributed by atoms with Gasteiger partial charge in [-0.3, -0.25) is 0 Å². The van der Waals surface area contributed by atoms with E-state index in [2.05, 4.69) is 44.9 Å². The second-order valence-corrected chi connectivity index (χ2v) is 5.35. The highest BCUT2D eigenvalue weighted by Crippen LogP contribution is 2.20. The van der Waals surface area contributed by atoms with E-state index < -0.39 is 0 Å². The van der Waals surface area contributed by atoms with Gasteiger partial charge in [0.15, 0.2) is 0 Å². The van der Waals surface area contributed by atoms with E-state index in [1.54, 1.807) is 6.20 Å². The maximum absolute atomic E-state index is 6.00. The second-order valence-electron chi connectivity index (χ2n) is 4.05. The minimum Gasteiger partial charge on any atom is -0.364 e. The third-order valence-corrected chi connectivity index (χ3v) is 3.81. The Bertz CT molecular complexity index is 522. The van der Waals surface area contributed by atoms with E-state index in [9.17, 15) is 0 Å². The molecule has 2 aromatic rings. The molecule has 0 spiro atoms. The fourth-order valence-electron chi connectivity index (χ4n) is 1.78. The Balaban J connectivity index is 2.19. The van der Waals surface area contributed by atoms with Crippen LogP contribution < -0.4 is 4.90 Å². The molecule has 0 saturated heterocycles. The first-order valence-electron chi connectivity index (χ1n) is 5.78. The van der Waals surface area contributed by atoms with Crippen molar-refractivity contribution in [1.29, 1.82) is 0 Å². The van der Waals surface area contributed by atoms with Crippen LogP contribution in [0.3, 0.4) is 0 Å². The lowest BCUT2D eigenvalue weighted by Gasteiger charge is -2.22. The molecule has 2 rings (SSSR count). The summed E-state index contributed by atoms with van der Waals surface area (Å²) in [5, 5.41) is 0.664. The van der Waals surface area contributed by atoms with Gasteiger partial charge in [-0.1, -0.05) is 27.5 Å². The first kappa shape index (κ1) is 13.4. The van der Waals surface area contributed by atoms with Crippen molar-refractivity contribution in [3.8, 4) is 0 Å². The lowest BCUT2D eigenvalue weighted by Crippen LogP contribution is -2.23. The molecule has 18 heavy (non-hydrogen) atoms. The lowest BCUT2D eigenvalue weighted by atomic mass is 10.3. The lowest BCUT2D eigenvalue weighted by molar-refractivity contribution is 0.731. The normalized spacial score (nSPS) is 10.7. The van der Waals surface area contributed by atoms with Gasteiger partial charge in [-0.05, 0) is 31.2 Å². The molecule has 0 bridgehead atoms. The SMILES string of the molecule is CCN(Cc1ncc(Cl)n1C)c1ccc(Br)cc1. The van der Waals surface area contributed by atoms with Crippen molar-refractivity contribution in [2.45, 2.75) is 13.5 Å². The number of benzene rings is 1. The first-order chi connectivity index (χ1) is 8.61. The van der Waals surface area contributed by atoms with E-state index in [4.69, 9.17) is 11.6 Å². The Morgan fingerprint density at radius 1 is 1.33 bits per heavy atom. The average Bonchev–Trinajstić information content (AvgIpc) is 2.69. The minimum absolute atomic E-state index is 0.664. The molecular formula is C13H15BrClN3. The van der Waals surface area contributed by atoms with Crippen LogP contribution in [0.5, 0.6) is 0 Å². The third-order valence-electron chi connectivity index (χ3n) is 2.93. The fourth-order valence-corrected chi connectivity index (χ4v) is 2.19. The van der Waals surface area contributed by atoms with Crippen molar-refractivity contribution in [3.63, 3.8) is 0 Å². The predicted molar refractivity (Wildman–Crippen MR) is 79.1 cm³/mol. The van der Waals surface area contributed by atoms with Crippen LogP contribution in [0, 0.1) is 0 Å². The summed E-state index contributed by atoms with van der Waals surface area (Å²) in [6, 6.07) is 8.28. The van der Waals surface area contributed by atoms with Gasteiger partial charge in [0.2, 0.25) is 0 Å². The molecule has 1 aromatic heterocycles. The maximum Gasteiger partial charge on any atom is 0.129 e. The van der Waals surface area contributed by atoms with Gasteiger partial charge < -0.3 is 9.47 Å². The van der Waals surface area contributed by atoms with Crippen molar-refractivity contribution in [1.82, 2.24) is 9.55 Å². The number of aromatic nitrogens is 2. The van der Waals surface area contributed by atoms with Crippen molar-refractivity contribution < 1.29 is 0 Å². The summed E-state index contributed by atoms with van der Waals surface area (Å²) in [6.45, 7) is 3.81. The Labute approximate surface area is 121 Å². The molecule has 0 atom stereocenters. The van der Waals surface area contributed by atoms with E-state index in [1.165, 1.54) is 5.69 Å². The van der Waals surface area contributed by atoms with Gasteiger partial charge in [0.05, 0.1) is 12.7 Å². The van der Waals surface area contributed by atoms with Gasteiger partial charge in [0.1, 0.15) is 11.0 Å². The van der Waals surface area contributed by atoms with E-state index in [0.29, 0.717) is 5.15 Å². The molecule has 0 amide bonds. The monoisotopic (exact) mass is 327 g/mol. The average molecular weight is 329 g/mol. The molecular weight excluding hydrogens is 314 g/mol. The fraction of sp³-hybridized carbons (Fsp3) is 0.308. The maximum atomic E-state index is 6.00. The van der Waals surface area contributed by atoms with Crippen LogP contribution in [-0.4, -0.2) is 16.1 Å². The van der Waals surface area contributed by atoms with Crippen LogP contribution in [0.4, 0.5) is 5.69 Å². The van der Waals surface area contributed by atoms with Crippen molar-refractivity contribution in [2.75, 3.05) is 11.4 Å². The Kier molecular flexibility index (Phi) is 4.30. The number of halogens is 2. The van der Waals surface area contributed by atoms with Gasteiger partial charge in [-0.2, -0.15) is 0 Å². The summed E-state index contributed by atoms with van der Waals surface area (Å²) in [5.41, 5.74) is 1.18. The van der Waals surface area contributed by atoms with Gasteiger partial charge in [0.25, 0.3) is 0 Å². The largest absolute Gasteiger partial charge is 0.364 e. The van der Waals surface area contributed by atoms with Gasteiger partial charge >= 0.3 is 0 Å². The summed E-state index contributed by atoms with van der Waals surface area (Å²) < 4.78 is 2.99. The molecule has 0 fully saturated rings. The number of imidazole rings is 1. The molecule has 96 valence electrons. The van der Waals surface area contributed by atoms with Gasteiger partial charge in [0, 0.05) is 23.8 Å². The highest BCUT2D eigenvalue weighted by Gasteiger charge is 2.10. The third kappa shape index (κ3) is 2.87. The number of nitrogens with zero attached hydrogens (tertiary/aromatic N) is 3. The molecule has 1 aromatic carbocycles. The summed E-state index contributed by atoms with van der Waals surface area (Å²) in [5.74, 6) is 0.963. The predicted octanol–water partition coefficient (Wildman–Crippen LogP) is 3.86. The Morgan fingerprint density at radius 2 is 2.00 bits per heavy atom. The zero-order valence-corrected chi connectivity index (χ0v) is 12.7. The topological polar surface area (TPSA) is 21.1 Å². The Hall–Kier alpha value is -1.000. The first-order valence-corrected chi connectivity index (χ1v) is 6.95. The molecule has 0 unspecified atom stereocenters. The van der Waals surface area contributed by atoms with E-state index in [0.717, 1.165) is 23.4 Å². The van der Waals surface area contributed by atoms with Crippen LogP contribution >= 0.6 is 27.5 Å². The van der Waals surface area contributed by atoms with Crippen LogP contribution in [0.25, 0.3) is 0 Å². The van der Waals surface area contributed by atoms with Crippen LogP contribution in [0.1, 0.15) is 12.7 Å². The van der Waals surface area contributed by atoms with Crippen molar-refractivity contribution in [3.05, 3.63) is 45.9 Å². The van der Waals surface area contributed by atoms with Crippen LogP contribution in [0.2, 0.25) is 5.15 Å². The number of rotatable bonds is 4. The molecule has 0 aliphatic carbocycles. The smallest absolute Gasteiger partial charge is 0.129 e. The number of anilines is 1. The summed E-state index contributed by atoms with van der Waals surface area (Å²) in [6.07, 6.45) is 1.69. The molecule has 0 aliphatic heterocycles. The summed E-state index contributed by atoms with van der Waals surface area (Å²) in [7, 11) is 1.93. The molecule has 1 heterocycles. The van der Waals surface area contributed by atoms with Crippen LogP contribution in [0.15, 0.2) is 34.9 Å². The molecule has 0 aliphatic rings. The van der Waals surface area contributed by atoms with Gasteiger partial charge in [-0.15, -0.1) is 0 Å². The molecule has 0 saturated carbocycles. The van der Waals surface area contributed by atoms with Crippen LogP contribution in [-0.2, 0) is 13.6 Å². The molecule has 5 heteroatoms. The van der Waals surface area contributed by atoms with E-state index >= 15 is 0 Å². The van der Waals surface area contributed by atoms with Crippen molar-refractivity contribution >= 4 is 33.2 Å². The highest BCUT2D eigenvalue weighted by molar-refractivity contribution is 9.10. The standard InChI is InChI=1S/C13H15BrClN3/c1-3-18(11-6-4-10(14)5-7-11)9-13-16-8-12(15)17(13)2/h4-8H,3,9H2,1-2H3. The Morgan fingerprint density at radius 3 is 2.50 bits per heavy atom. The second kappa shape index (κ2) is 5.76. The summed E-state index contributed by atoms with van der Waals surface area (Å²) in [4.78, 5) is 6.58. The van der Waals surface area contributed by atoms with E-state index in [1.807, 2.05) is 23.7 Å². The molecule has 3 nitrogen and oxygen atoms in total. The number of hydrogen-bond donors (Lipinski definition) is 0. The van der Waals surface area contributed by atoms with Crippen molar-refractivity contribution in [2.24, 2.45) is 7.05 Å². The molecule has 0 radical (unpaired) electrons. The quantitative estimate of drug-likeness (QED) is 0.849. The zero-order chi connectivity index (χ0) is 13.1. The summed E-state index contributed by atoms with van der Waals surface area (Å²) >= 11 is 9.44. The highest BCUT2D eigenvalue weighted by atomic mass is 79.9. The minimum atomic E-state index is 0.664. The molecule has 0 N–H and O–H groups in total.